The van der Waals surface area contributed by atoms with E-state index in [9.17, 15) is 8.42 Å². The van der Waals surface area contributed by atoms with Gasteiger partial charge in [-0.05, 0) is 49.5 Å². The van der Waals surface area contributed by atoms with E-state index in [1.165, 1.54) is 12.1 Å². The standard InChI is InChI=1S/C17H18ClN3O2S2/c1-12(2)11-19-17(24)20-13-6-5-7-14(10-13)25(22,23)21-16-9-4-3-8-15(16)18/h3-10,21H,1,11H2,2H3,(H2,19,20,24). The van der Waals surface area contributed by atoms with Gasteiger partial charge in [0.25, 0.3) is 10.0 Å². The summed E-state index contributed by atoms with van der Waals surface area (Å²) in [5.74, 6) is 0. The Kier molecular flexibility index (Phi) is 6.41. The summed E-state index contributed by atoms with van der Waals surface area (Å²) in [5.41, 5.74) is 1.81. The minimum atomic E-state index is -3.77. The van der Waals surface area contributed by atoms with Crippen LogP contribution >= 0.6 is 23.8 Å². The van der Waals surface area contributed by atoms with Crippen LogP contribution in [0, 0.1) is 0 Å². The highest BCUT2D eigenvalue weighted by molar-refractivity contribution is 7.92. The molecule has 0 spiro atoms. The highest BCUT2D eigenvalue weighted by atomic mass is 35.5. The summed E-state index contributed by atoms with van der Waals surface area (Å²) >= 11 is 11.2. The molecule has 3 N–H and O–H groups in total. The summed E-state index contributed by atoms with van der Waals surface area (Å²) in [6.45, 7) is 6.20. The molecule has 0 aliphatic rings. The van der Waals surface area contributed by atoms with Gasteiger partial charge in [0.05, 0.1) is 15.6 Å². The van der Waals surface area contributed by atoms with E-state index in [-0.39, 0.29) is 4.90 Å². The molecule has 0 saturated heterocycles. The molecule has 0 aromatic heterocycles. The van der Waals surface area contributed by atoms with Gasteiger partial charge >= 0.3 is 0 Å². The molecule has 2 rings (SSSR count). The van der Waals surface area contributed by atoms with Crippen molar-refractivity contribution in [2.75, 3.05) is 16.6 Å². The lowest BCUT2D eigenvalue weighted by Gasteiger charge is -2.13. The Morgan fingerprint density at radius 2 is 1.92 bits per heavy atom. The second kappa shape index (κ2) is 8.33. The molecule has 0 bridgehead atoms. The molecule has 0 aliphatic carbocycles. The molecule has 0 heterocycles. The van der Waals surface area contributed by atoms with E-state index >= 15 is 0 Å². The van der Waals surface area contributed by atoms with Crippen LogP contribution in [0.1, 0.15) is 6.92 Å². The van der Waals surface area contributed by atoms with Gasteiger partial charge < -0.3 is 10.6 Å². The molecule has 0 atom stereocenters. The molecule has 0 amide bonds. The molecule has 0 radical (unpaired) electrons. The second-order valence-electron chi connectivity index (χ2n) is 5.38. The Labute approximate surface area is 158 Å². The predicted octanol–water partition coefficient (Wildman–Crippen LogP) is 4.00. The third kappa shape index (κ3) is 5.74. The first-order chi connectivity index (χ1) is 11.8. The Balaban J connectivity index is 2.15. The third-order valence-corrected chi connectivity index (χ3v) is 5.01. The zero-order chi connectivity index (χ0) is 18.4. The molecule has 0 saturated carbocycles. The summed E-state index contributed by atoms with van der Waals surface area (Å²) in [4.78, 5) is 0.0973. The lowest BCUT2D eigenvalue weighted by molar-refractivity contribution is 0.601. The van der Waals surface area contributed by atoms with Gasteiger partial charge in [0.2, 0.25) is 0 Å². The van der Waals surface area contributed by atoms with Crippen LogP contribution in [0.2, 0.25) is 5.02 Å². The van der Waals surface area contributed by atoms with Crippen molar-refractivity contribution >= 4 is 50.3 Å². The summed E-state index contributed by atoms with van der Waals surface area (Å²) < 4.78 is 27.6. The Morgan fingerprint density at radius 3 is 2.60 bits per heavy atom. The molecule has 0 fully saturated rings. The van der Waals surface area contributed by atoms with Gasteiger partial charge in [-0.1, -0.05) is 42.0 Å². The van der Waals surface area contributed by atoms with Crippen LogP contribution in [0.5, 0.6) is 0 Å². The van der Waals surface area contributed by atoms with E-state index in [2.05, 4.69) is 21.9 Å². The van der Waals surface area contributed by atoms with E-state index in [0.717, 1.165) is 5.57 Å². The van der Waals surface area contributed by atoms with Crippen molar-refractivity contribution in [1.29, 1.82) is 0 Å². The van der Waals surface area contributed by atoms with Crippen LogP contribution in [-0.2, 0) is 10.0 Å². The molecule has 8 heteroatoms. The van der Waals surface area contributed by atoms with E-state index < -0.39 is 10.0 Å². The van der Waals surface area contributed by atoms with Gasteiger partial charge in [-0.25, -0.2) is 8.42 Å². The van der Waals surface area contributed by atoms with E-state index in [1.807, 2.05) is 6.92 Å². The number of hydrogen-bond acceptors (Lipinski definition) is 3. The summed E-state index contributed by atoms with van der Waals surface area (Å²) in [7, 11) is -3.77. The topological polar surface area (TPSA) is 70.2 Å². The largest absolute Gasteiger partial charge is 0.359 e. The summed E-state index contributed by atoms with van der Waals surface area (Å²) in [5, 5.41) is 6.63. The monoisotopic (exact) mass is 395 g/mol. The van der Waals surface area contributed by atoms with Gasteiger partial charge in [-0.2, -0.15) is 0 Å². The van der Waals surface area contributed by atoms with Crippen LogP contribution in [0.4, 0.5) is 11.4 Å². The average Bonchev–Trinajstić information content (AvgIpc) is 2.55. The third-order valence-electron chi connectivity index (χ3n) is 3.07. The molecule has 0 aliphatic heterocycles. The molecule has 2 aromatic carbocycles. The minimum Gasteiger partial charge on any atom is -0.359 e. The van der Waals surface area contributed by atoms with Gasteiger partial charge in [0, 0.05) is 12.2 Å². The van der Waals surface area contributed by atoms with Crippen molar-refractivity contribution in [3.63, 3.8) is 0 Å². The van der Waals surface area contributed by atoms with Crippen molar-refractivity contribution in [3.05, 3.63) is 65.7 Å². The van der Waals surface area contributed by atoms with Crippen molar-refractivity contribution in [2.45, 2.75) is 11.8 Å². The van der Waals surface area contributed by atoms with Crippen LogP contribution in [-0.4, -0.2) is 20.1 Å². The fourth-order valence-corrected chi connectivity index (χ4v) is 3.45. The fraction of sp³-hybridized carbons (Fsp3) is 0.118. The number of thiocarbonyl (C=S) groups is 1. The molecule has 2 aromatic rings. The highest BCUT2D eigenvalue weighted by Crippen LogP contribution is 2.24. The van der Waals surface area contributed by atoms with Crippen molar-refractivity contribution in [2.24, 2.45) is 0 Å². The summed E-state index contributed by atoms with van der Waals surface area (Å²) in [6, 6.07) is 13.0. The maximum atomic E-state index is 12.5. The molecule has 25 heavy (non-hydrogen) atoms. The molecule has 132 valence electrons. The number of hydrogen-bond donors (Lipinski definition) is 3. The number of benzene rings is 2. The lowest BCUT2D eigenvalue weighted by atomic mass is 10.3. The number of nitrogens with one attached hydrogen (secondary N) is 3. The van der Waals surface area contributed by atoms with Crippen molar-refractivity contribution < 1.29 is 8.42 Å². The Bertz CT molecular complexity index is 898. The number of sulfonamides is 1. The number of para-hydroxylation sites is 1. The molecule has 0 unspecified atom stereocenters. The van der Waals surface area contributed by atoms with E-state index in [1.54, 1.807) is 36.4 Å². The molecular formula is C17H18ClN3O2S2. The van der Waals surface area contributed by atoms with Gasteiger partial charge in [0.1, 0.15) is 0 Å². The quantitative estimate of drug-likeness (QED) is 0.509. The maximum absolute atomic E-state index is 12.5. The first-order valence-corrected chi connectivity index (χ1v) is 9.61. The molecular weight excluding hydrogens is 378 g/mol. The molecule has 5 nitrogen and oxygen atoms in total. The normalized spacial score (nSPS) is 10.8. The minimum absolute atomic E-state index is 0.0973. The summed E-state index contributed by atoms with van der Waals surface area (Å²) in [6.07, 6.45) is 0. The number of rotatable bonds is 6. The Morgan fingerprint density at radius 1 is 1.20 bits per heavy atom. The zero-order valence-electron chi connectivity index (χ0n) is 13.5. The zero-order valence-corrected chi connectivity index (χ0v) is 15.9. The highest BCUT2D eigenvalue weighted by Gasteiger charge is 2.16. The predicted molar refractivity (Wildman–Crippen MR) is 108 cm³/mol. The van der Waals surface area contributed by atoms with Crippen LogP contribution in [0.25, 0.3) is 0 Å². The second-order valence-corrected chi connectivity index (χ2v) is 7.88. The lowest BCUT2D eigenvalue weighted by Crippen LogP contribution is -2.29. The number of anilines is 2. The van der Waals surface area contributed by atoms with Crippen LogP contribution in [0.15, 0.2) is 65.6 Å². The van der Waals surface area contributed by atoms with Crippen LogP contribution in [0.3, 0.4) is 0 Å². The van der Waals surface area contributed by atoms with E-state index in [4.69, 9.17) is 23.8 Å². The van der Waals surface area contributed by atoms with Gasteiger partial charge in [-0.3, -0.25) is 4.72 Å². The first-order valence-electron chi connectivity index (χ1n) is 7.34. The van der Waals surface area contributed by atoms with Crippen molar-refractivity contribution in [1.82, 2.24) is 5.32 Å². The smallest absolute Gasteiger partial charge is 0.262 e. The average molecular weight is 396 g/mol. The maximum Gasteiger partial charge on any atom is 0.262 e. The van der Waals surface area contributed by atoms with Crippen LogP contribution < -0.4 is 15.4 Å². The van der Waals surface area contributed by atoms with E-state index in [0.29, 0.717) is 28.1 Å². The first kappa shape index (κ1) is 19.2. The number of halogens is 1. The fourth-order valence-electron chi connectivity index (χ4n) is 1.90. The Hall–Kier alpha value is -2.09. The van der Waals surface area contributed by atoms with Crippen molar-refractivity contribution in [3.8, 4) is 0 Å². The van der Waals surface area contributed by atoms with Gasteiger partial charge in [0.15, 0.2) is 5.11 Å². The SMILES string of the molecule is C=C(C)CNC(=S)Nc1cccc(S(=O)(=O)Nc2ccccc2Cl)c1. The van der Waals surface area contributed by atoms with Gasteiger partial charge in [-0.15, -0.1) is 0 Å².